The van der Waals surface area contributed by atoms with Crippen LogP contribution in [0.25, 0.3) is 0 Å². The van der Waals surface area contributed by atoms with Gasteiger partial charge in [0.1, 0.15) is 9.84 Å². The topological polar surface area (TPSA) is 60.2 Å². The Morgan fingerprint density at radius 3 is 2.59 bits per heavy atom. The van der Waals surface area contributed by atoms with E-state index in [2.05, 4.69) is 0 Å². The fraction of sp³-hybridized carbons (Fsp3) is 0.500. The van der Waals surface area contributed by atoms with E-state index in [4.69, 9.17) is 17.3 Å². The molecule has 17 heavy (non-hydrogen) atoms. The van der Waals surface area contributed by atoms with Crippen molar-refractivity contribution >= 4 is 21.4 Å². The van der Waals surface area contributed by atoms with Crippen molar-refractivity contribution in [1.29, 1.82) is 0 Å². The third-order valence-corrected chi connectivity index (χ3v) is 4.79. The minimum atomic E-state index is -2.93. The molecule has 0 spiro atoms. The molecule has 0 heterocycles. The van der Waals surface area contributed by atoms with Crippen LogP contribution in [0.15, 0.2) is 24.3 Å². The molecule has 0 aliphatic heterocycles. The van der Waals surface area contributed by atoms with E-state index in [-0.39, 0.29) is 17.5 Å². The molecule has 0 aliphatic carbocycles. The van der Waals surface area contributed by atoms with Gasteiger partial charge in [0, 0.05) is 16.8 Å². The van der Waals surface area contributed by atoms with Gasteiger partial charge in [-0.2, -0.15) is 0 Å². The summed E-state index contributed by atoms with van der Waals surface area (Å²) in [5.41, 5.74) is 6.88. The molecule has 0 bridgehead atoms. The minimum Gasteiger partial charge on any atom is -0.327 e. The van der Waals surface area contributed by atoms with E-state index < -0.39 is 9.84 Å². The first kappa shape index (κ1) is 14.5. The molecule has 1 rings (SSSR count). The summed E-state index contributed by atoms with van der Waals surface area (Å²) in [7, 11) is -2.93. The number of hydrogen-bond acceptors (Lipinski definition) is 3. The molecule has 96 valence electrons. The van der Waals surface area contributed by atoms with Crippen LogP contribution < -0.4 is 5.73 Å². The zero-order chi connectivity index (χ0) is 12.9. The Morgan fingerprint density at radius 2 is 2.00 bits per heavy atom. The van der Waals surface area contributed by atoms with E-state index >= 15 is 0 Å². The van der Waals surface area contributed by atoms with Crippen LogP contribution in [0, 0.1) is 0 Å². The fourth-order valence-corrected chi connectivity index (χ4v) is 2.69. The maximum Gasteiger partial charge on any atom is 0.150 e. The van der Waals surface area contributed by atoms with Gasteiger partial charge in [0.2, 0.25) is 0 Å². The molecule has 0 saturated heterocycles. The molecule has 5 heteroatoms. The smallest absolute Gasteiger partial charge is 0.150 e. The molecular weight excluding hydrogens is 258 g/mol. The predicted molar refractivity (Wildman–Crippen MR) is 72.1 cm³/mol. The molecule has 0 saturated carbocycles. The third-order valence-electron chi connectivity index (χ3n) is 2.68. The van der Waals surface area contributed by atoms with E-state index in [1.54, 1.807) is 6.92 Å². The first-order valence-electron chi connectivity index (χ1n) is 5.64. The molecule has 1 aromatic rings. The average Bonchev–Trinajstić information content (AvgIpc) is 2.30. The molecule has 3 nitrogen and oxygen atoms in total. The zero-order valence-electron chi connectivity index (χ0n) is 9.90. The Hall–Kier alpha value is -0.580. The third kappa shape index (κ3) is 5.06. The van der Waals surface area contributed by atoms with Crippen LogP contribution in [-0.4, -0.2) is 26.0 Å². The van der Waals surface area contributed by atoms with Crippen molar-refractivity contribution in [2.75, 3.05) is 11.5 Å². The van der Waals surface area contributed by atoms with Crippen molar-refractivity contribution in [3.8, 4) is 0 Å². The summed E-state index contributed by atoms with van der Waals surface area (Å²) in [6.07, 6.45) is 1.08. The Kier molecular flexibility index (Phi) is 5.43. The number of hydrogen-bond donors (Lipinski definition) is 1. The van der Waals surface area contributed by atoms with Crippen LogP contribution in [0.4, 0.5) is 0 Å². The van der Waals surface area contributed by atoms with Gasteiger partial charge in [0.25, 0.3) is 0 Å². The standard InChI is InChI=1S/C12H18ClNO2S/c1-2-17(15,16)8-7-11(14)9-10-5-3-4-6-12(10)13/h3-6,11H,2,7-9,14H2,1H3. The second kappa shape index (κ2) is 6.38. The van der Waals surface area contributed by atoms with Crippen LogP contribution in [0.5, 0.6) is 0 Å². The van der Waals surface area contributed by atoms with Gasteiger partial charge in [-0.05, 0) is 24.5 Å². The lowest BCUT2D eigenvalue weighted by Gasteiger charge is -2.12. The van der Waals surface area contributed by atoms with Crippen molar-refractivity contribution in [3.05, 3.63) is 34.9 Å². The lowest BCUT2D eigenvalue weighted by molar-refractivity contribution is 0.582. The predicted octanol–water partition coefficient (Wildman–Crippen LogP) is 2.03. The van der Waals surface area contributed by atoms with E-state index in [1.807, 2.05) is 24.3 Å². The maximum absolute atomic E-state index is 11.3. The highest BCUT2D eigenvalue weighted by Crippen LogP contribution is 2.17. The normalized spacial score (nSPS) is 13.6. The summed E-state index contributed by atoms with van der Waals surface area (Å²) in [4.78, 5) is 0. The van der Waals surface area contributed by atoms with Gasteiger partial charge >= 0.3 is 0 Å². The maximum atomic E-state index is 11.3. The molecule has 1 aromatic carbocycles. The van der Waals surface area contributed by atoms with Crippen LogP contribution in [0.3, 0.4) is 0 Å². The van der Waals surface area contributed by atoms with E-state index in [9.17, 15) is 8.42 Å². The highest BCUT2D eigenvalue weighted by atomic mass is 35.5. The van der Waals surface area contributed by atoms with Crippen molar-refractivity contribution in [2.24, 2.45) is 5.73 Å². The van der Waals surface area contributed by atoms with Gasteiger partial charge in [-0.15, -0.1) is 0 Å². The summed E-state index contributed by atoms with van der Waals surface area (Å²) in [5.74, 6) is 0.320. The van der Waals surface area contributed by atoms with Crippen molar-refractivity contribution in [2.45, 2.75) is 25.8 Å². The number of benzene rings is 1. The highest BCUT2D eigenvalue weighted by molar-refractivity contribution is 7.91. The molecule has 2 N–H and O–H groups in total. The zero-order valence-corrected chi connectivity index (χ0v) is 11.5. The van der Waals surface area contributed by atoms with Crippen LogP contribution in [0.2, 0.25) is 5.02 Å². The number of rotatable bonds is 6. The SMILES string of the molecule is CCS(=O)(=O)CCC(N)Cc1ccccc1Cl. The minimum absolute atomic E-state index is 0.148. The molecule has 0 radical (unpaired) electrons. The van der Waals surface area contributed by atoms with Crippen molar-refractivity contribution in [1.82, 2.24) is 0 Å². The first-order valence-corrected chi connectivity index (χ1v) is 7.84. The van der Waals surface area contributed by atoms with Crippen LogP contribution in [-0.2, 0) is 16.3 Å². The van der Waals surface area contributed by atoms with E-state index in [0.717, 1.165) is 5.56 Å². The van der Waals surface area contributed by atoms with Crippen molar-refractivity contribution < 1.29 is 8.42 Å². The van der Waals surface area contributed by atoms with Gasteiger partial charge in [-0.1, -0.05) is 36.7 Å². The molecule has 0 aliphatic rings. The molecule has 0 fully saturated rings. The molecule has 0 amide bonds. The summed E-state index contributed by atoms with van der Waals surface area (Å²) in [6.45, 7) is 1.65. The van der Waals surface area contributed by atoms with Gasteiger partial charge in [-0.25, -0.2) is 8.42 Å². The Labute approximate surface area is 108 Å². The summed E-state index contributed by atoms with van der Waals surface area (Å²) < 4.78 is 22.7. The van der Waals surface area contributed by atoms with E-state index in [0.29, 0.717) is 17.9 Å². The van der Waals surface area contributed by atoms with Crippen LogP contribution in [0.1, 0.15) is 18.9 Å². The lowest BCUT2D eigenvalue weighted by Crippen LogP contribution is -2.26. The summed E-state index contributed by atoms with van der Waals surface area (Å²) in [6, 6.07) is 7.31. The fourth-order valence-electron chi connectivity index (χ4n) is 1.52. The Morgan fingerprint density at radius 1 is 1.35 bits per heavy atom. The van der Waals surface area contributed by atoms with Gasteiger partial charge < -0.3 is 5.73 Å². The molecule has 1 atom stereocenters. The largest absolute Gasteiger partial charge is 0.327 e. The van der Waals surface area contributed by atoms with E-state index in [1.165, 1.54) is 0 Å². The average molecular weight is 276 g/mol. The Balaban J connectivity index is 2.51. The molecular formula is C12H18ClNO2S. The monoisotopic (exact) mass is 275 g/mol. The summed E-state index contributed by atoms with van der Waals surface area (Å²) >= 11 is 6.01. The summed E-state index contributed by atoms with van der Waals surface area (Å²) in [5, 5.41) is 0.682. The second-order valence-electron chi connectivity index (χ2n) is 4.08. The van der Waals surface area contributed by atoms with Gasteiger partial charge in [-0.3, -0.25) is 0 Å². The van der Waals surface area contributed by atoms with Crippen molar-refractivity contribution in [3.63, 3.8) is 0 Å². The Bertz CT molecular complexity index is 459. The van der Waals surface area contributed by atoms with Gasteiger partial charge in [0.05, 0.1) is 5.75 Å². The molecule has 1 unspecified atom stereocenters. The number of halogens is 1. The van der Waals surface area contributed by atoms with Crippen LogP contribution >= 0.6 is 11.6 Å². The molecule has 0 aromatic heterocycles. The highest BCUT2D eigenvalue weighted by Gasteiger charge is 2.12. The second-order valence-corrected chi connectivity index (χ2v) is 6.96. The first-order chi connectivity index (χ1) is 7.94. The number of nitrogens with two attached hydrogens (primary N) is 1. The van der Waals surface area contributed by atoms with Gasteiger partial charge in [0.15, 0.2) is 0 Å². The lowest BCUT2D eigenvalue weighted by atomic mass is 10.1. The quantitative estimate of drug-likeness (QED) is 0.864. The number of sulfone groups is 1.